The first-order chi connectivity index (χ1) is 16.6. The van der Waals surface area contributed by atoms with Gasteiger partial charge in [-0.25, -0.2) is 9.97 Å². The Morgan fingerprint density at radius 2 is 1.68 bits per heavy atom. The normalized spacial score (nSPS) is 13.7. The number of carbonyl (C=O) groups is 1. The van der Waals surface area contributed by atoms with E-state index in [4.69, 9.17) is 0 Å². The van der Waals surface area contributed by atoms with E-state index < -0.39 is 0 Å². The molecule has 1 aromatic carbocycles. The highest BCUT2D eigenvalue weighted by Gasteiger charge is 2.26. The summed E-state index contributed by atoms with van der Waals surface area (Å²) in [6.07, 6.45) is 1.81. The summed E-state index contributed by atoms with van der Waals surface area (Å²) in [5, 5.41) is 12.7. The largest absolute Gasteiger partial charge is 0.352 e. The maximum atomic E-state index is 13.2. The molecule has 8 nitrogen and oxygen atoms in total. The summed E-state index contributed by atoms with van der Waals surface area (Å²) in [6, 6.07) is 17.7. The van der Waals surface area contributed by atoms with Crippen molar-refractivity contribution in [3.05, 3.63) is 76.9 Å². The molecular formula is C25H25N7OS. The van der Waals surface area contributed by atoms with Gasteiger partial charge in [0.05, 0.1) is 5.69 Å². The quantitative estimate of drug-likeness (QED) is 0.464. The molecule has 172 valence electrons. The van der Waals surface area contributed by atoms with Crippen LogP contribution in [-0.4, -0.2) is 57.2 Å². The summed E-state index contributed by atoms with van der Waals surface area (Å²) in [5.74, 6) is 2.22. The number of aromatic nitrogens is 4. The van der Waals surface area contributed by atoms with Gasteiger partial charge in [0.25, 0.3) is 5.91 Å². The molecule has 34 heavy (non-hydrogen) atoms. The van der Waals surface area contributed by atoms with Crippen LogP contribution < -0.4 is 10.2 Å². The first-order valence-electron chi connectivity index (χ1n) is 11.2. The molecule has 1 N–H and O–H groups in total. The Morgan fingerprint density at radius 3 is 2.35 bits per heavy atom. The van der Waals surface area contributed by atoms with Gasteiger partial charge in [0.15, 0.2) is 11.6 Å². The van der Waals surface area contributed by atoms with Crippen LogP contribution >= 0.6 is 11.3 Å². The third-order valence-electron chi connectivity index (χ3n) is 5.72. The van der Waals surface area contributed by atoms with Crippen molar-refractivity contribution < 1.29 is 4.79 Å². The van der Waals surface area contributed by atoms with E-state index in [-0.39, 0.29) is 5.91 Å². The molecule has 4 aromatic rings. The van der Waals surface area contributed by atoms with E-state index in [1.54, 1.807) is 6.20 Å². The molecule has 1 aliphatic rings. The SMILES string of the molecule is Cc1ccc(Nc2ccc(N3CCN(C(=O)c4sc(-c5ccccc5)nc4C)CC3)nn2)nc1. The highest BCUT2D eigenvalue weighted by atomic mass is 32.1. The van der Waals surface area contributed by atoms with E-state index in [9.17, 15) is 4.79 Å². The average Bonchev–Trinajstić information content (AvgIpc) is 3.28. The fraction of sp³-hybridized carbons (Fsp3) is 0.240. The Kier molecular flexibility index (Phi) is 6.18. The minimum Gasteiger partial charge on any atom is -0.352 e. The number of nitrogens with zero attached hydrogens (tertiary/aromatic N) is 6. The highest BCUT2D eigenvalue weighted by Crippen LogP contribution is 2.29. The predicted molar refractivity (Wildman–Crippen MR) is 135 cm³/mol. The van der Waals surface area contributed by atoms with Gasteiger partial charge in [0.2, 0.25) is 0 Å². The summed E-state index contributed by atoms with van der Waals surface area (Å²) in [7, 11) is 0. The molecule has 0 bridgehead atoms. The number of hydrogen-bond acceptors (Lipinski definition) is 8. The van der Waals surface area contributed by atoms with Crippen molar-refractivity contribution in [2.24, 2.45) is 0 Å². The highest BCUT2D eigenvalue weighted by molar-refractivity contribution is 7.17. The van der Waals surface area contributed by atoms with Crippen molar-refractivity contribution in [1.29, 1.82) is 0 Å². The summed E-state index contributed by atoms with van der Waals surface area (Å²) >= 11 is 1.46. The van der Waals surface area contributed by atoms with E-state index in [1.807, 2.05) is 73.3 Å². The summed E-state index contributed by atoms with van der Waals surface area (Å²) < 4.78 is 0. The van der Waals surface area contributed by atoms with Crippen molar-refractivity contribution in [3.8, 4) is 10.6 Å². The van der Waals surface area contributed by atoms with Gasteiger partial charge >= 0.3 is 0 Å². The Hall–Kier alpha value is -3.85. The van der Waals surface area contributed by atoms with Gasteiger partial charge in [-0.05, 0) is 37.6 Å². The lowest BCUT2D eigenvalue weighted by atomic mass is 10.2. The van der Waals surface area contributed by atoms with E-state index in [0.717, 1.165) is 33.5 Å². The van der Waals surface area contributed by atoms with Crippen molar-refractivity contribution in [1.82, 2.24) is 25.1 Å². The number of benzene rings is 1. The Morgan fingerprint density at radius 1 is 0.912 bits per heavy atom. The zero-order valence-corrected chi connectivity index (χ0v) is 19.9. The summed E-state index contributed by atoms with van der Waals surface area (Å²) in [5.41, 5.74) is 2.93. The first-order valence-corrected chi connectivity index (χ1v) is 12.0. The molecule has 5 rings (SSSR count). The summed E-state index contributed by atoms with van der Waals surface area (Å²) in [4.78, 5) is 26.9. The fourth-order valence-corrected chi connectivity index (χ4v) is 4.85. The molecule has 0 atom stereocenters. The monoisotopic (exact) mass is 471 g/mol. The van der Waals surface area contributed by atoms with Crippen molar-refractivity contribution in [2.45, 2.75) is 13.8 Å². The van der Waals surface area contributed by atoms with Crippen LogP contribution in [0.15, 0.2) is 60.8 Å². The Balaban J connectivity index is 1.20. The molecule has 0 spiro atoms. The molecule has 1 fully saturated rings. The third kappa shape index (κ3) is 4.74. The smallest absolute Gasteiger partial charge is 0.265 e. The van der Waals surface area contributed by atoms with Crippen LogP contribution in [0.2, 0.25) is 0 Å². The second kappa shape index (κ2) is 9.56. The Bertz CT molecular complexity index is 1270. The van der Waals surface area contributed by atoms with Gasteiger partial charge in [0, 0.05) is 37.9 Å². The average molecular weight is 472 g/mol. The number of pyridine rings is 1. The standard InChI is InChI=1S/C25H25N7OS/c1-17-8-9-20(26-16-17)28-21-10-11-22(30-29-21)31-12-14-32(15-13-31)25(33)23-18(2)27-24(34-23)19-6-4-3-5-7-19/h3-11,16H,12-15H2,1-2H3,(H,26,28,29). The zero-order valence-electron chi connectivity index (χ0n) is 19.1. The molecule has 0 aliphatic carbocycles. The molecule has 0 radical (unpaired) electrons. The van der Waals surface area contributed by atoms with Crippen LogP contribution in [0.1, 0.15) is 20.9 Å². The number of thiazole rings is 1. The molecule has 9 heteroatoms. The number of rotatable bonds is 5. The second-order valence-corrected chi connectivity index (χ2v) is 9.20. The van der Waals surface area contributed by atoms with Gasteiger partial charge in [-0.1, -0.05) is 36.4 Å². The van der Waals surface area contributed by atoms with Crippen LogP contribution in [0.4, 0.5) is 17.5 Å². The van der Waals surface area contributed by atoms with Gasteiger partial charge in [-0.3, -0.25) is 4.79 Å². The zero-order chi connectivity index (χ0) is 23.5. The lowest BCUT2D eigenvalue weighted by Gasteiger charge is -2.35. The Labute approximate surface area is 202 Å². The predicted octanol–water partition coefficient (Wildman–Crippen LogP) is 4.32. The number of aryl methyl sites for hydroxylation is 2. The molecular weight excluding hydrogens is 446 g/mol. The molecule has 3 aromatic heterocycles. The topological polar surface area (TPSA) is 87.1 Å². The van der Waals surface area contributed by atoms with Gasteiger partial charge in [-0.15, -0.1) is 21.5 Å². The van der Waals surface area contributed by atoms with Crippen LogP contribution in [0.3, 0.4) is 0 Å². The molecule has 0 unspecified atom stereocenters. The van der Waals surface area contributed by atoms with Gasteiger partial charge < -0.3 is 15.1 Å². The van der Waals surface area contributed by atoms with E-state index in [0.29, 0.717) is 36.9 Å². The van der Waals surface area contributed by atoms with Crippen LogP contribution in [0.25, 0.3) is 10.6 Å². The van der Waals surface area contributed by atoms with Gasteiger partial charge in [0.1, 0.15) is 15.7 Å². The lowest BCUT2D eigenvalue weighted by Crippen LogP contribution is -2.49. The van der Waals surface area contributed by atoms with Crippen molar-refractivity contribution in [2.75, 3.05) is 36.4 Å². The number of amides is 1. The third-order valence-corrected chi connectivity index (χ3v) is 6.91. The number of anilines is 3. The van der Waals surface area contributed by atoms with Gasteiger partial charge in [-0.2, -0.15) is 0 Å². The maximum Gasteiger partial charge on any atom is 0.265 e. The second-order valence-electron chi connectivity index (χ2n) is 8.20. The molecule has 1 aliphatic heterocycles. The lowest BCUT2D eigenvalue weighted by molar-refractivity contribution is 0.0750. The molecule has 4 heterocycles. The first kappa shape index (κ1) is 22.0. The fourth-order valence-electron chi connectivity index (χ4n) is 3.81. The van der Waals surface area contributed by atoms with Crippen molar-refractivity contribution >= 4 is 34.7 Å². The van der Waals surface area contributed by atoms with Crippen molar-refractivity contribution in [3.63, 3.8) is 0 Å². The molecule has 1 amide bonds. The van der Waals surface area contributed by atoms with E-state index in [1.165, 1.54) is 11.3 Å². The maximum absolute atomic E-state index is 13.2. The number of piperazine rings is 1. The summed E-state index contributed by atoms with van der Waals surface area (Å²) in [6.45, 7) is 6.58. The molecule has 1 saturated heterocycles. The van der Waals surface area contributed by atoms with Crippen LogP contribution in [-0.2, 0) is 0 Å². The van der Waals surface area contributed by atoms with Crippen LogP contribution in [0, 0.1) is 13.8 Å². The van der Waals surface area contributed by atoms with Crippen LogP contribution in [0.5, 0.6) is 0 Å². The van der Waals surface area contributed by atoms with E-state index in [2.05, 4.69) is 30.4 Å². The minimum absolute atomic E-state index is 0.0491. The van der Waals surface area contributed by atoms with E-state index >= 15 is 0 Å². The molecule has 0 saturated carbocycles. The number of nitrogens with one attached hydrogen (secondary N) is 1. The number of hydrogen-bond donors (Lipinski definition) is 1. The number of carbonyl (C=O) groups excluding carboxylic acids is 1. The minimum atomic E-state index is 0.0491.